The summed E-state index contributed by atoms with van der Waals surface area (Å²) in [5.41, 5.74) is -0.482. The SMILES string of the molecule is CN=C(NCCNC(=O)OC(C)(C)C)NCc1cc(Br)cs1.I. The first-order valence-electron chi connectivity index (χ1n) is 6.94. The Hall–Kier alpha value is -0.550. The minimum atomic E-state index is -0.482. The van der Waals surface area contributed by atoms with Crippen LogP contribution >= 0.6 is 51.2 Å². The molecule has 9 heteroatoms. The summed E-state index contributed by atoms with van der Waals surface area (Å²) in [6.45, 7) is 7.22. The van der Waals surface area contributed by atoms with Crippen molar-refractivity contribution in [1.82, 2.24) is 16.0 Å². The van der Waals surface area contributed by atoms with E-state index in [1.165, 1.54) is 4.88 Å². The fourth-order valence-electron chi connectivity index (χ4n) is 1.50. The smallest absolute Gasteiger partial charge is 0.407 e. The van der Waals surface area contributed by atoms with Crippen LogP contribution in [0.2, 0.25) is 0 Å². The molecule has 132 valence electrons. The van der Waals surface area contributed by atoms with Crippen LogP contribution in [0.15, 0.2) is 20.9 Å². The maximum absolute atomic E-state index is 11.5. The van der Waals surface area contributed by atoms with Crippen LogP contribution in [-0.2, 0) is 11.3 Å². The van der Waals surface area contributed by atoms with E-state index in [0.717, 1.165) is 4.47 Å². The average Bonchev–Trinajstić information content (AvgIpc) is 2.81. The number of carbonyl (C=O) groups is 1. The van der Waals surface area contributed by atoms with Crippen LogP contribution in [0.1, 0.15) is 25.6 Å². The van der Waals surface area contributed by atoms with Crippen molar-refractivity contribution in [1.29, 1.82) is 0 Å². The molecule has 0 saturated heterocycles. The predicted octanol–water partition coefficient (Wildman–Crippen LogP) is 3.32. The first-order chi connectivity index (χ1) is 10.3. The molecule has 1 amide bonds. The molecular formula is C14H24BrIN4O2S. The zero-order chi connectivity index (χ0) is 16.6. The number of thiophene rings is 1. The van der Waals surface area contributed by atoms with Crippen LogP contribution in [0, 0.1) is 0 Å². The zero-order valence-electron chi connectivity index (χ0n) is 13.7. The molecule has 0 radical (unpaired) electrons. The summed E-state index contributed by atoms with van der Waals surface area (Å²) in [7, 11) is 1.71. The Balaban J connectivity index is 0.00000484. The Morgan fingerprint density at radius 1 is 1.30 bits per heavy atom. The molecule has 0 spiro atoms. The fourth-order valence-corrected chi connectivity index (χ4v) is 2.89. The van der Waals surface area contributed by atoms with Crippen molar-refractivity contribution in [2.24, 2.45) is 4.99 Å². The quantitative estimate of drug-likeness (QED) is 0.242. The molecule has 1 aromatic heterocycles. The van der Waals surface area contributed by atoms with Crippen LogP contribution in [0.4, 0.5) is 4.79 Å². The second-order valence-corrected chi connectivity index (χ2v) is 7.42. The van der Waals surface area contributed by atoms with E-state index in [1.54, 1.807) is 18.4 Å². The van der Waals surface area contributed by atoms with E-state index in [1.807, 2.05) is 26.2 Å². The summed E-state index contributed by atoms with van der Waals surface area (Å²) >= 11 is 5.10. The molecule has 0 aliphatic rings. The van der Waals surface area contributed by atoms with E-state index in [0.29, 0.717) is 25.6 Å². The second-order valence-electron chi connectivity index (χ2n) is 5.51. The van der Waals surface area contributed by atoms with Gasteiger partial charge in [-0.15, -0.1) is 35.3 Å². The highest BCUT2D eigenvalue weighted by Crippen LogP contribution is 2.19. The molecule has 0 aliphatic carbocycles. The summed E-state index contributed by atoms with van der Waals surface area (Å²) in [6.07, 6.45) is -0.416. The number of hydrogen-bond donors (Lipinski definition) is 3. The Bertz CT molecular complexity index is 517. The van der Waals surface area contributed by atoms with E-state index >= 15 is 0 Å². The van der Waals surface area contributed by atoms with Gasteiger partial charge >= 0.3 is 6.09 Å². The van der Waals surface area contributed by atoms with E-state index in [9.17, 15) is 4.79 Å². The second kappa shape index (κ2) is 11.1. The number of alkyl carbamates (subject to hydrolysis) is 1. The highest BCUT2D eigenvalue weighted by molar-refractivity contribution is 14.0. The van der Waals surface area contributed by atoms with Crippen molar-refractivity contribution in [3.8, 4) is 0 Å². The number of amides is 1. The number of hydrogen-bond acceptors (Lipinski definition) is 4. The Morgan fingerprint density at radius 2 is 1.96 bits per heavy atom. The predicted molar refractivity (Wildman–Crippen MR) is 110 cm³/mol. The molecule has 6 nitrogen and oxygen atoms in total. The van der Waals surface area contributed by atoms with E-state index < -0.39 is 11.7 Å². The van der Waals surface area contributed by atoms with Gasteiger partial charge in [0.1, 0.15) is 5.60 Å². The number of guanidine groups is 1. The minimum absolute atomic E-state index is 0. The van der Waals surface area contributed by atoms with Gasteiger partial charge in [0.25, 0.3) is 0 Å². The highest BCUT2D eigenvalue weighted by Gasteiger charge is 2.15. The van der Waals surface area contributed by atoms with Crippen LogP contribution in [0.25, 0.3) is 0 Å². The molecule has 1 rings (SSSR count). The topological polar surface area (TPSA) is 74.8 Å². The molecule has 0 unspecified atom stereocenters. The van der Waals surface area contributed by atoms with Crippen LogP contribution in [0.5, 0.6) is 0 Å². The van der Waals surface area contributed by atoms with E-state index in [4.69, 9.17) is 4.74 Å². The third-order valence-corrected chi connectivity index (χ3v) is 4.06. The van der Waals surface area contributed by atoms with Gasteiger partial charge in [-0.05, 0) is 42.8 Å². The first-order valence-corrected chi connectivity index (χ1v) is 8.61. The maximum Gasteiger partial charge on any atom is 0.407 e. The third-order valence-electron chi connectivity index (χ3n) is 2.36. The normalized spacial score (nSPS) is 11.4. The molecule has 23 heavy (non-hydrogen) atoms. The maximum atomic E-state index is 11.5. The summed E-state index contributed by atoms with van der Waals surface area (Å²) in [6, 6.07) is 2.06. The average molecular weight is 519 g/mol. The van der Waals surface area contributed by atoms with Crippen molar-refractivity contribution in [3.63, 3.8) is 0 Å². The number of ether oxygens (including phenoxy) is 1. The standard InChI is InChI=1S/C14H23BrN4O2S.HI/c1-14(2,3)21-13(20)18-6-5-17-12(16-4)19-8-11-7-10(15)9-22-11;/h7,9H,5-6,8H2,1-4H3,(H,18,20)(H2,16,17,19);1H. The van der Waals surface area contributed by atoms with Crippen molar-refractivity contribution < 1.29 is 9.53 Å². The lowest BCUT2D eigenvalue weighted by molar-refractivity contribution is 0.0529. The lowest BCUT2D eigenvalue weighted by atomic mass is 10.2. The van der Waals surface area contributed by atoms with E-state index in [2.05, 4.69) is 42.9 Å². The number of halogens is 2. The highest BCUT2D eigenvalue weighted by atomic mass is 127. The van der Waals surface area contributed by atoms with Gasteiger partial charge in [-0.25, -0.2) is 4.79 Å². The van der Waals surface area contributed by atoms with Crippen molar-refractivity contribution in [2.75, 3.05) is 20.1 Å². The number of nitrogens with one attached hydrogen (secondary N) is 3. The summed E-state index contributed by atoms with van der Waals surface area (Å²) in [5.74, 6) is 0.690. The molecule has 0 fully saturated rings. The van der Waals surface area contributed by atoms with Gasteiger partial charge in [0.15, 0.2) is 5.96 Å². The Kier molecular flexibility index (Phi) is 10.8. The molecule has 0 saturated carbocycles. The molecule has 1 heterocycles. The van der Waals surface area contributed by atoms with Crippen LogP contribution in [-0.4, -0.2) is 37.8 Å². The molecule has 0 bridgehead atoms. The number of nitrogens with zero attached hydrogens (tertiary/aromatic N) is 1. The van der Waals surface area contributed by atoms with Crippen molar-refractivity contribution in [3.05, 3.63) is 20.8 Å². The molecular weight excluding hydrogens is 495 g/mol. The number of carbonyl (C=O) groups excluding carboxylic acids is 1. The first kappa shape index (κ1) is 22.4. The third kappa shape index (κ3) is 10.8. The zero-order valence-corrected chi connectivity index (χ0v) is 18.5. The van der Waals surface area contributed by atoms with Gasteiger partial charge < -0.3 is 20.7 Å². The van der Waals surface area contributed by atoms with Gasteiger partial charge in [-0.3, -0.25) is 4.99 Å². The van der Waals surface area contributed by atoms with Gasteiger partial charge in [-0.2, -0.15) is 0 Å². The Labute approximate surface area is 167 Å². The summed E-state index contributed by atoms with van der Waals surface area (Å²) in [5, 5.41) is 11.1. The van der Waals surface area contributed by atoms with Crippen LogP contribution in [0.3, 0.4) is 0 Å². The lowest BCUT2D eigenvalue weighted by Crippen LogP contribution is -2.42. The molecule has 3 N–H and O–H groups in total. The van der Waals surface area contributed by atoms with Gasteiger partial charge in [-0.1, -0.05) is 0 Å². The molecule has 0 aromatic carbocycles. The molecule has 1 aromatic rings. The monoisotopic (exact) mass is 518 g/mol. The summed E-state index contributed by atoms with van der Waals surface area (Å²) in [4.78, 5) is 16.8. The van der Waals surface area contributed by atoms with Gasteiger partial charge in [0.05, 0.1) is 6.54 Å². The van der Waals surface area contributed by atoms with E-state index in [-0.39, 0.29) is 24.0 Å². The fraction of sp³-hybridized carbons (Fsp3) is 0.571. The Morgan fingerprint density at radius 3 is 2.48 bits per heavy atom. The van der Waals surface area contributed by atoms with Crippen molar-refractivity contribution in [2.45, 2.75) is 32.9 Å². The van der Waals surface area contributed by atoms with Crippen molar-refractivity contribution >= 4 is 63.3 Å². The molecule has 0 atom stereocenters. The number of rotatable bonds is 5. The lowest BCUT2D eigenvalue weighted by Gasteiger charge is -2.19. The summed E-state index contributed by atoms with van der Waals surface area (Å²) < 4.78 is 6.23. The largest absolute Gasteiger partial charge is 0.444 e. The minimum Gasteiger partial charge on any atom is -0.444 e. The van der Waals surface area contributed by atoms with Crippen LogP contribution < -0.4 is 16.0 Å². The molecule has 0 aliphatic heterocycles. The van der Waals surface area contributed by atoms with Gasteiger partial charge in [0.2, 0.25) is 0 Å². The van der Waals surface area contributed by atoms with Gasteiger partial charge in [0, 0.05) is 34.9 Å². The number of aliphatic imine (C=N–C) groups is 1.